The molecule has 0 saturated carbocycles. The highest BCUT2D eigenvalue weighted by Crippen LogP contribution is 2.32. The molecule has 0 fully saturated rings. The monoisotopic (exact) mass is 303 g/mol. The number of fused-ring (bicyclic) bond motifs is 1. The van der Waals surface area contributed by atoms with Crippen LogP contribution in [0, 0.1) is 0 Å². The highest BCUT2D eigenvalue weighted by molar-refractivity contribution is 7.12. The molecule has 0 amide bonds. The Morgan fingerprint density at radius 2 is 1.55 bits per heavy atom. The maximum absolute atomic E-state index is 4.84. The quantitative estimate of drug-likeness (QED) is 0.670. The molecule has 4 rings (SSSR count). The Morgan fingerprint density at radius 1 is 0.773 bits per heavy atom. The van der Waals surface area contributed by atoms with Crippen LogP contribution in [0.25, 0.3) is 0 Å². The third kappa shape index (κ3) is 2.49. The number of aromatic nitrogens is 1. The van der Waals surface area contributed by atoms with Crippen LogP contribution in [0.3, 0.4) is 0 Å². The summed E-state index contributed by atoms with van der Waals surface area (Å²) in [7, 11) is 0. The van der Waals surface area contributed by atoms with Crippen molar-refractivity contribution < 1.29 is 0 Å². The van der Waals surface area contributed by atoms with Gasteiger partial charge in [0, 0.05) is 17.5 Å². The molecular formula is C18H13N3S. The molecule has 1 aliphatic heterocycles. The summed E-state index contributed by atoms with van der Waals surface area (Å²) < 4.78 is 0. The Balaban J connectivity index is 1.88. The highest BCUT2D eigenvalue weighted by Gasteiger charge is 2.17. The Bertz CT molecular complexity index is 849. The van der Waals surface area contributed by atoms with E-state index in [0.717, 1.165) is 28.5 Å². The molecule has 22 heavy (non-hydrogen) atoms. The summed E-state index contributed by atoms with van der Waals surface area (Å²) in [5, 5.41) is 2.08. The van der Waals surface area contributed by atoms with E-state index in [4.69, 9.17) is 9.98 Å². The summed E-state index contributed by atoms with van der Waals surface area (Å²) in [5.74, 6) is 0. The van der Waals surface area contributed by atoms with Crippen molar-refractivity contribution in [3.63, 3.8) is 0 Å². The first-order chi connectivity index (χ1) is 10.9. The molecule has 1 aliphatic rings. The lowest BCUT2D eigenvalue weighted by Gasteiger charge is -2.05. The van der Waals surface area contributed by atoms with Crippen molar-refractivity contribution in [3.8, 4) is 0 Å². The summed E-state index contributed by atoms with van der Waals surface area (Å²) in [4.78, 5) is 15.3. The molecule has 3 heterocycles. The van der Waals surface area contributed by atoms with E-state index in [1.54, 1.807) is 17.5 Å². The SMILES string of the molecule is c1ccc(C2=Nc3ccccc3N=C(c3cccs3)C2)nc1. The van der Waals surface area contributed by atoms with Gasteiger partial charge >= 0.3 is 0 Å². The molecule has 4 heteroatoms. The van der Waals surface area contributed by atoms with E-state index in [2.05, 4.69) is 22.5 Å². The van der Waals surface area contributed by atoms with Crippen LogP contribution in [0.2, 0.25) is 0 Å². The van der Waals surface area contributed by atoms with Crippen LogP contribution in [0.1, 0.15) is 17.0 Å². The second kappa shape index (κ2) is 5.66. The maximum atomic E-state index is 4.84. The molecule has 0 unspecified atom stereocenters. The van der Waals surface area contributed by atoms with Crippen molar-refractivity contribution in [2.75, 3.05) is 0 Å². The average molecular weight is 303 g/mol. The Morgan fingerprint density at radius 3 is 2.23 bits per heavy atom. The smallest absolute Gasteiger partial charge is 0.0890 e. The van der Waals surface area contributed by atoms with Gasteiger partial charge in [0.15, 0.2) is 0 Å². The number of hydrogen-bond donors (Lipinski definition) is 0. The molecule has 0 aliphatic carbocycles. The number of pyridine rings is 1. The fourth-order valence-corrected chi connectivity index (χ4v) is 3.16. The predicted molar refractivity (Wildman–Crippen MR) is 92.0 cm³/mol. The summed E-state index contributed by atoms with van der Waals surface area (Å²) >= 11 is 1.70. The minimum Gasteiger partial charge on any atom is -0.255 e. The van der Waals surface area contributed by atoms with Crippen LogP contribution in [0.5, 0.6) is 0 Å². The highest BCUT2D eigenvalue weighted by atomic mass is 32.1. The summed E-state index contributed by atoms with van der Waals surface area (Å²) in [6.07, 6.45) is 2.49. The van der Waals surface area contributed by atoms with Crippen molar-refractivity contribution in [1.29, 1.82) is 0 Å². The zero-order valence-electron chi connectivity index (χ0n) is 11.8. The normalized spacial score (nSPS) is 13.8. The molecule has 0 saturated heterocycles. The topological polar surface area (TPSA) is 37.6 Å². The molecule has 3 nitrogen and oxygen atoms in total. The van der Waals surface area contributed by atoms with Crippen LogP contribution < -0.4 is 0 Å². The fraction of sp³-hybridized carbons (Fsp3) is 0.0556. The lowest BCUT2D eigenvalue weighted by atomic mass is 10.1. The van der Waals surface area contributed by atoms with Crippen molar-refractivity contribution >= 4 is 34.1 Å². The van der Waals surface area contributed by atoms with Gasteiger partial charge < -0.3 is 0 Å². The van der Waals surface area contributed by atoms with Gasteiger partial charge in [-0.25, -0.2) is 9.98 Å². The van der Waals surface area contributed by atoms with Gasteiger partial charge in [0.2, 0.25) is 0 Å². The van der Waals surface area contributed by atoms with E-state index in [1.807, 2.05) is 42.5 Å². The summed E-state index contributed by atoms with van der Waals surface area (Å²) in [6, 6.07) is 18.1. The first-order valence-electron chi connectivity index (χ1n) is 7.09. The molecule has 0 radical (unpaired) electrons. The predicted octanol–water partition coefficient (Wildman–Crippen LogP) is 4.79. The minimum absolute atomic E-state index is 0.687. The van der Waals surface area contributed by atoms with Crippen LogP contribution in [-0.4, -0.2) is 16.4 Å². The zero-order valence-corrected chi connectivity index (χ0v) is 12.6. The van der Waals surface area contributed by atoms with Crippen molar-refractivity contribution in [2.45, 2.75) is 6.42 Å². The molecule has 0 N–H and O–H groups in total. The average Bonchev–Trinajstić information content (AvgIpc) is 3.03. The van der Waals surface area contributed by atoms with Gasteiger partial charge in [-0.2, -0.15) is 0 Å². The third-order valence-electron chi connectivity index (χ3n) is 3.49. The van der Waals surface area contributed by atoms with E-state index in [0.29, 0.717) is 6.42 Å². The molecular weight excluding hydrogens is 290 g/mol. The van der Waals surface area contributed by atoms with E-state index in [1.165, 1.54) is 4.88 Å². The zero-order chi connectivity index (χ0) is 14.8. The first-order valence-corrected chi connectivity index (χ1v) is 7.97. The number of hydrogen-bond acceptors (Lipinski definition) is 4. The maximum Gasteiger partial charge on any atom is 0.0890 e. The number of para-hydroxylation sites is 2. The minimum atomic E-state index is 0.687. The van der Waals surface area contributed by atoms with Crippen molar-refractivity contribution in [2.24, 2.45) is 9.98 Å². The van der Waals surface area contributed by atoms with E-state index in [-0.39, 0.29) is 0 Å². The van der Waals surface area contributed by atoms with Gasteiger partial charge in [0.05, 0.1) is 28.5 Å². The molecule has 0 bridgehead atoms. The lowest BCUT2D eigenvalue weighted by Crippen LogP contribution is -2.10. The van der Waals surface area contributed by atoms with Crippen LogP contribution in [0.4, 0.5) is 11.4 Å². The van der Waals surface area contributed by atoms with Gasteiger partial charge in [-0.1, -0.05) is 24.3 Å². The molecule has 106 valence electrons. The van der Waals surface area contributed by atoms with Crippen molar-refractivity contribution in [3.05, 3.63) is 76.7 Å². The van der Waals surface area contributed by atoms with Crippen LogP contribution >= 0.6 is 11.3 Å². The summed E-state index contributed by atoms with van der Waals surface area (Å²) in [6.45, 7) is 0. The molecule has 1 aromatic carbocycles. The van der Waals surface area contributed by atoms with Gasteiger partial charge in [-0.15, -0.1) is 11.3 Å². The first kappa shape index (κ1) is 13.1. The Labute approximate surface area is 132 Å². The second-order valence-corrected chi connectivity index (χ2v) is 5.92. The standard InChI is InChI=1S/C18H13N3S/c1-2-8-15-14(7-1)20-16(13-6-3-4-10-19-13)12-17(21-15)18-9-5-11-22-18/h1-11H,12H2. The van der Waals surface area contributed by atoms with Gasteiger partial charge in [-0.05, 0) is 35.7 Å². The number of nitrogens with zero attached hydrogens (tertiary/aromatic N) is 3. The lowest BCUT2D eigenvalue weighted by molar-refractivity contribution is 1.27. The summed E-state index contributed by atoms with van der Waals surface area (Å²) in [5.41, 5.74) is 4.72. The van der Waals surface area contributed by atoms with Crippen LogP contribution in [-0.2, 0) is 0 Å². The van der Waals surface area contributed by atoms with Gasteiger partial charge in [-0.3, -0.25) is 4.98 Å². The number of rotatable bonds is 2. The number of benzene rings is 1. The van der Waals surface area contributed by atoms with Gasteiger partial charge in [0.1, 0.15) is 0 Å². The third-order valence-corrected chi connectivity index (χ3v) is 4.41. The van der Waals surface area contributed by atoms with E-state index >= 15 is 0 Å². The molecule has 3 aromatic rings. The van der Waals surface area contributed by atoms with Crippen LogP contribution in [0.15, 0.2) is 76.2 Å². The molecule has 0 spiro atoms. The largest absolute Gasteiger partial charge is 0.255 e. The Kier molecular flexibility index (Phi) is 3.37. The second-order valence-electron chi connectivity index (χ2n) is 4.97. The Hall–Kier alpha value is -2.59. The van der Waals surface area contributed by atoms with E-state index < -0.39 is 0 Å². The molecule has 0 atom stereocenters. The number of thiophene rings is 1. The van der Waals surface area contributed by atoms with Gasteiger partial charge in [0.25, 0.3) is 0 Å². The molecule has 2 aromatic heterocycles. The number of aliphatic imine (C=N–C) groups is 2. The van der Waals surface area contributed by atoms with E-state index in [9.17, 15) is 0 Å². The fourth-order valence-electron chi connectivity index (χ4n) is 2.45. The van der Waals surface area contributed by atoms with Crippen molar-refractivity contribution in [1.82, 2.24) is 4.98 Å².